The molecule has 0 heterocycles. The summed E-state index contributed by atoms with van der Waals surface area (Å²) in [5.41, 5.74) is -1.26. The molecule has 110 valence electrons. The topological polar surface area (TPSA) is 115 Å². The lowest BCUT2D eigenvalue weighted by atomic mass is 10.2. The summed E-state index contributed by atoms with van der Waals surface area (Å²) in [4.78, 5) is 20.4. The van der Waals surface area contributed by atoms with Crippen LogP contribution < -0.4 is 0 Å². The average molecular weight is 305 g/mol. The van der Waals surface area contributed by atoms with E-state index in [2.05, 4.69) is 0 Å². The van der Waals surface area contributed by atoms with Gasteiger partial charge in [0.2, 0.25) is 5.82 Å². The van der Waals surface area contributed by atoms with Gasteiger partial charge in [-0.3, -0.25) is 14.9 Å². The highest BCUT2D eigenvalue weighted by Gasteiger charge is 2.32. The number of hydrogen-bond acceptors (Lipinski definition) is 5. The third-order valence-corrected chi connectivity index (χ3v) is 4.81. The van der Waals surface area contributed by atoms with Gasteiger partial charge in [-0.25, -0.2) is 8.42 Å². The van der Waals surface area contributed by atoms with E-state index < -0.39 is 48.8 Å². The van der Waals surface area contributed by atoms with Gasteiger partial charge in [0, 0.05) is 11.6 Å². The van der Waals surface area contributed by atoms with E-state index in [1.165, 1.54) is 6.92 Å². The van der Waals surface area contributed by atoms with Crippen molar-refractivity contribution in [3.63, 3.8) is 0 Å². The molecule has 7 nitrogen and oxygen atoms in total. The van der Waals surface area contributed by atoms with Gasteiger partial charge in [-0.2, -0.15) is 4.39 Å². The molecule has 1 rings (SSSR count). The first-order chi connectivity index (χ1) is 9.20. The summed E-state index contributed by atoms with van der Waals surface area (Å²) in [5.74, 6) is -3.69. The molecule has 0 bridgehead atoms. The maximum atomic E-state index is 13.8. The van der Waals surface area contributed by atoms with Crippen LogP contribution in [0.5, 0.6) is 0 Å². The van der Waals surface area contributed by atoms with Crippen molar-refractivity contribution in [2.75, 3.05) is 0 Å². The SMILES string of the molecule is CCC(C(=O)O)S(=O)(=O)Cc1cccc([N+](=O)[O-])c1F. The first-order valence-electron chi connectivity index (χ1n) is 5.56. The van der Waals surface area contributed by atoms with Crippen LogP contribution in [-0.2, 0) is 20.4 Å². The molecule has 0 saturated heterocycles. The molecule has 1 aromatic carbocycles. The zero-order valence-electron chi connectivity index (χ0n) is 10.4. The van der Waals surface area contributed by atoms with Crippen LogP contribution >= 0.6 is 0 Å². The van der Waals surface area contributed by atoms with Crippen LogP contribution in [0.2, 0.25) is 0 Å². The first-order valence-corrected chi connectivity index (χ1v) is 7.28. The molecule has 0 radical (unpaired) electrons. The number of carboxylic acid groups (broad SMARTS) is 1. The smallest absolute Gasteiger partial charge is 0.321 e. The van der Waals surface area contributed by atoms with Crippen molar-refractivity contribution in [1.29, 1.82) is 0 Å². The number of halogens is 1. The summed E-state index contributed by atoms with van der Waals surface area (Å²) < 4.78 is 37.5. The van der Waals surface area contributed by atoms with E-state index >= 15 is 0 Å². The van der Waals surface area contributed by atoms with Crippen molar-refractivity contribution >= 4 is 21.5 Å². The Bertz CT molecular complexity index is 642. The number of nitrogens with zero attached hydrogens (tertiary/aromatic N) is 1. The molecule has 9 heteroatoms. The molecular formula is C11H12FNO6S. The highest BCUT2D eigenvalue weighted by Crippen LogP contribution is 2.23. The minimum absolute atomic E-state index is 0.172. The molecule has 0 fully saturated rings. The molecule has 0 spiro atoms. The third kappa shape index (κ3) is 3.29. The fourth-order valence-corrected chi connectivity index (χ4v) is 3.39. The van der Waals surface area contributed by atoms with Crippen molar-refractivity contribution in [3.8, 4) is 0 Å². The predicted octanol–water partition coefficient (Wildman–Crippen LogP) is 1.51. The maximum Gasteiger partial charge on any atom is 0.321 e. The molecule has 1 atom stereocenters. The number of carbonyl (C=O) groups is 1. The van der Waals surface area contributed by atoms with Crippen LogP contribution in [0.4, 0.5) is 10.1 Å². The van der Waals surface area contributed by atoms with Crippen LogP contribution in [0.1, 0.15) is 18.9 Å². The lowest BCUT2D eigenvalue weighted by Crippen LogP contribution is -2.30. The van der Waals surface area contributed by atoms with E-state index in [-0.39, 0.29) is 6.42 Å². The first kappa shape index (κ1) is 16.0. The van der Waals surface area contributed by atoms with E-state index in [1.54, 1.807) is 0 Å². The molecule has 0 aliphatic rings. The molecule has 1 aromatic rings. The average Bonchev–Trinajstić information content (AvgIpc) is 2.30. The quantitative estimate of drug-likeness (QED) is 0.629. The Hall–Kier alpha value is -2.03. The minimum atomic E-state index is -4.15. The Morgan fingerprint density at radius 2 is 2.10 bits per heavy atom. The molecule has 0 aromatic heterocycles. The lowest BCUT2D eigenvalue weighted by molar-refractivity contribution is -0.387. The normalized spacial score (nSPS) is 12.9. The van der Waals surface area contributed by atoms with E-state index in [0.29, 0.717) is 0 Å². The van der Waals surface area contributed by atoms with E-state index in [4.69, 9.17) is 5.11 Å². The second-order valence-corrected chi connectivity index (χ2v) is 6.23. The number of aliphatic carboxylic acids is 1. The van der Waals surface area contributed by atoms with Crippen LogP contribution in [0.3, 0.4) is 0 Å². The van der Waals surface area contributed by atoms with Crippen molar-refractivity contribution < 1.29 is 27.6 Å². The van der Waals surface area contributed by atoms with Crippen molar-refractivity contribution in [3.05, 3.63) is 39.7 Å². The molecule has 1 N–H and O–H groups in total. The van der Waals surface area contributed by atoms with Crippen LogP contribution in [0.25, 0.3) is 0 Å². The number of hydrogen-bond donors (Lipinski definition) is 1. The van der Waals surface area contributed by atoms with Gasteiger partial charge in [0.25, 0.3) is 0 Å². The Balaban J connectivity index is 3.20. The van der Waals surface area contributed by atoms with Gasteiger partial charge in [-0.05, 0) is 6.42 Å². The number of rotatable bonds is 6. The predicted molar refractivity (Wildman–Crippen MR) is 67.4 cm³/mol. The fraction of sp³-hybridized carbons (Fsp3) is 0.364. The third-order valence-electron chi connectivity index (χ3n) is 2.69. The van der Waals surface area contributed by atoms with Gasteiger partial charge in [0.1, 0.15) is 0 Å². The standard InChI is InChI=1S/C11H12FNO6S/c1-2-9(11(14)15)20(18,19)6-7-4-3-5-8(10(7)12)13(16)17/h3-5,9H,2,6H2,1H3,(H,14,15). The second-order valence-electron chi connectivity index (χ2n) is 4.05. The summed E-state index contributed by atoms with van der Waals surface area (Å²) in [7, 11) is -4.15. The van der Waals surface area contributed by atoms with E-state index in [9.17, 15) is 27.7 Å². The summed E-state index contributed by atoms with van der Waals surface area (Å²) in [6, 6.07) is 3.13. The highest BCUT2D eigenvalue weighted by molar-refractivity contribution is 7.92. The van der Waals surface area contributed by atoms with Crippen molar-refractivity contribution in [2.45, 2.75) is 24.3 Å². The minimum Gasteiger partial charge on any atom is -0.480 e. The summed E-state index contributed by atoms with van der Waals surface area (Å²) in [6.07, 6.45) is -0.172. The molecular weight excluding hydrogens is 293 g/mol. The lowest BCUT2D eigenvalue weighted by Gasteiger charge is -2.11. The van der Waals surface area contributed by atoms with Gasteiger partial charge >= 0.3 is 11.7 Å². The Morgan fingerprint density at radius 1 is 1.50 bits per heavy atom. The van der Waals surface area contributed by atoms with Crippen LogP contribution in [0, 0.1) is 15.9 Å². The molecule has 0 aliphatic carbocycles. The molecule has 0 aliphatic heterocycles. The van der Waals surface area contributed by atoms with Gasteiger partial charge in [-0.1, -0.05) is 19.1 Å². The maximum absolute atomic E-state index is 13.8. The van der Waals surface area contributed by atoms with Crippen LogP contribution in [0.15, 0.2) is 18.2 Å². The number of carboxylic acids is 1. The molecule has 1 unspecified atom stereocenters. The number of nitro benzene ring substituents is 1. The molecule has 20 heavy (non-hydrogen) atoms. The van der Waals surface area contributed by atoms with Crippen molar-refractivity contribution in [1.82, 2.24) is 0 Å². The summed E-state index contributed by atoms with van der Waals surface area (Å²) in [6.45, 7) is 1.38. The van der Waals surface area contributed by atoms with Gasteiger partial charge in [0.15, 0.2) is 15.1 Å². The molecule has 0 amide bonds. The number of benzene rings is 1. The second kappa shape index (κ2) is 5.95. The number of nitro groups is 1. The Morgan fingerprint density at radius 3 is 2.55 bits per heavy atom. The Labute approximate surface area is 114 Å². The van der Waals surface area contributed by atoms with Gasteiger partial charge in [-0.15, -0.1) is 0 Å². The zero-order chi connectivity index (χ0) is 15.5. The van der Waals surface area contributed by atoms with E-state index in [1.807, 2.05) is 0 Å². The van der Waals surface area contributed by atoms with Gasteiger partial charge in [0.05, 0.1) is 10.7 Å². The van der Waals surface area contributed by atoms with Gasteiger partial charge < -0.3 is 5.11 Å². The largest absolute Gasteiger partial charge is 0.480 e. The highest BCUT2D eigenvalue weighted by atomic mass is 32.2. The molecule has 0 saturated carbocycles. The fourth-order valence-electron chi connectivity index (χ4n) is 1.72. The van der Waals surface area contributed by atoms with Crippen LogP contribution in [-0.4, -0.2) is 29.7 Å². The van der Waals surface area contributed by atoms with Crippen molar-refractivity contribution in [2.24, 2.45) is 0 Å². The zero-order valence-corrected chi connectivity index (χ0v) is 11.3. The summed E-state index contributed by atoms with van der Waals surface area (Å²) in [5, 5.41) is 17.7. The number of sulfone groups is 1. The van der Waals surface area contributed by atoms with E-state index in [0.717, 1.165) is 18.2 Å². The Kier molecular flexibility index (Phi) is 4.77. The monoisotopic (exact) mass is 305 g/mol. The summed E-state index contributed by atoms with van der Waals surface area (Å²) >= 11 is 0.